The second kappa shape index (κ2) is 8.36. The van der Waals surface area contributed by atoms with Gasteiger partial charge in [0, 0.05) is 30.2 Å². The standard InChI is InChI=1S/C22H23N3O2/c1-15-8-9-16(2)20(10-15)25-22(26)18-11-19(14-23-12-18)24-13-17-6-4-5-7-21(17)27-3/h4-12,14,24H,13H2,1-3H3,(H,25,26). The van der Waals surface area contributed by atoms with Gasteiger partial charge in [0.15, 0.2) is 0 Å². The fourth-order valence-corrected chi connectivity index (χ4v) is 2.77. The summed E-state index contributed by atoms with van der Waals surface area (Å²) in [7, 11) is 1.65. The molecular formula is C22H23N3O2. The maximum Gasteiger partial charge on any atom is 0.257 e. The summed E-state index contributed by atoms with van der Waals surface area (Å²) < 4.78 is 5.36. The topological polar surface area (TPSA) is 63.2 Å². The van der Waals surface area contributed by atoms with Crippen molar-refractivity contribution in [2.24, 2.45) is 0 Å². The van der Waals surface area contributed by atoms with Crippen LogP contribution in [-0.4, -0.2) is 18.0 Å². The highest BCUT2D eigenvalue weighted by molar-refractivity contribution is 6.05. The van der Waals surface area contributed by atoms with Crippen molar-refractivity contribution in [2.75, 3.05) is 17.7 Å². The van der Waals surface area contributed by atoms with Crippen LogP contribution < -0.4 is 15.4 Å². The molecule has 0 fully saturated rings. The first kappa shape index (κ1) is 18.5. The van der Waals surface area contributed by atoms with Gasteiger partial charge >= 0.3 is 0 Å². The first-order chi connectivity index (χ1) is 13.1. The summed E-state index contributed by atoms with van der Waals surface area (Å²) in [5, 5.41) is 6.25. The Hall–Kier alpha value is -3.34. The summed E-state index contributed by atoms with van der Waals surface area (Å²) in [6.07, 6.45) is 3.26. The Morgan fingerprint density at radius 3 is 2.70 bits per heavy atom. The summed E-state index contributed by atoms with van der Waals surface area (Å²) in [6, 6.07) is 15.6. The van der Waals surface area contributed by atoms with Crippen molar-refractivity contribution in [2.45, 2.75) is 20.4 Å². The van der Waals surface area contributed by atoms with Crippen molar-refractivity contribution in [1.29, 1.82) is 0 Å². The van der Waals surface area contributed by atoms with Gasteiger partial charge in [-0.2, -0.15) is 0 Å². The van der Waals surface area contributed by atoms with Crippen molar-refractivity contribution in [1.82, 2.24) is 4.98 Å². The first-order valence-corrected chi connectivity index (χ1v) is 8.76. The predicted molar refractivity (Wildman–Crippen MR) is 108 cm³/mol. The van der Waals surface area contributed by atoms with Crippen LogP contribution in [0, 0.1) is 13.8 Å². The van der Waals surface area contributed by atoms with Crippen molar-refractivity contribution in [3.05, 3.63) is 83.2 Å². The van der Waals surface area contributed by atoms with E-state index >= 15 is 0 Å². The maximum atomic E-state index is 12.6. The Kier molecular flexibility index (Phi) is 5.71. The molecule has 3 rings (SSSR count). The number of methoxy groups -OCH3 is 1. The minimum absolute atomic E-state index is 0.183. The average molecular weight is 361 g/mol. The van der Waals surface area contributed by atoms with Gasteiger partial charge in [-0.15, -0.1) is 0 Å². The number of ether oxygens (including phenoxy) is 1. The fraction of sp³-hybridized carbons (Fsp3) is 0.182. The lowest BCUT2D eigenvalue weighted by molar-refractivity contribution is 0.102. The molecule has 5 nitrogen and oxygen atoms in total. The number of benzene rings is 2. The summed E-state index contributed by atoms with van der Waals surface area (Å²) >= 11 is 0. The molecule has 0 aliphatic heterocycles. The van der Waals surface area contributed by atoms with Crippen molar-refractivity contribution in [3.63, 3.8) is 0 Å². The number of para-hydroxylation sites is 1. The van der Waals surface area contributed by atoms with Crippen LogP contribution >= 0.6 is 0 Å². The highest BCUT2D eigenvalue weighted by Crippen LogP contribution is 2.20. The third-order valence-electron chi connectivity index (χ3n) is 4.32. The monoisotopic (exact) mass is 361 g/mol. The van der Waals surface area contributed by atoms with Crippen LogP contribution in [0.2, 0.25) is 0 Å². The van der Waals surface area contributed by atoms with Crippen LogP contribution in [0.4, 0.5) is 11.4 Å². The molecule has 0 aliphatic carbocycles. The predicted octanol–water partition coefficient (Wildman–Crippen LogP) is 4.57. The van der Waals surface area contributed by atoms with Gasteiger partial charge in [-0.25, -0.2) is 0 Å². The van der Waals surface area contributed by atoms with E-state index < -0.39 is 0 Å². The molecular weight excluding hydrogens is 338 g/mol. The summed E-state index contributed by atoms with van der Waals surface area (Å²) in [5.74, 6) is 0.638. The molecule has 1 heterocycles. The fourth-order valence-electron chi connectivity index (χ4n) is 2.77. The molecule has 0 aliphatic rings. The van der Waals surface area contributed by atoms with Crippen LogP contribution in [-0.2, 0) is 6.54 Å². The summed E-state index contributed by atoms with van der Waals surface area (Å²) in [4.78, 5) is 16.8. The molecule has 0 saturated carbocycles. The van der Waals surface area contributed by atoms with Gasteiger partial charge in [0.05, 0.1) is 18.4 Å². The van der Waals surface area contributed by atoms with Gasteiger partial charge in [0.2, 0.25) is 0 Å². The number of anilines is 2. The Bertz CT molecular complexity index is 954. The Morgan fingerprint density at radius 1 is 1.07 bits per heavy atom. The quantitative estimate of drug-likeness (QED) is 0.675. The highest BCUT2D eigenvalue weighted by atomic mass is 16.5. The molecule has 0 atom stereocenters. The third kappa shape index (κ3) is 4.64. The smallest absolute Gasteiger partial charge is 0.257 e. The molecule has 1 aromatic heterocycles. The number of carbonyl (C=O) groups excluding carboxylic acids is 1. The number of nitrogens with one attached hydrogen (secondary N) is 2. The van der Waals surface area contributed by atoms with E-state index in [-0.39, 0.29) is 5.91 Å². The van der Waals surface area contributed by atoms with Crippen LogP contribution in [0.15, 0.2) is 60.9 Å². The average Bonchev–Trinajstić information content (AvgIpc) is 2.69. The number of hydrogen-bond donors (Lipinski definition) is 2. The van der Waals surface area contributed by atoms with Gasteiger partial charge in [0.25, 0.3) is 5.91 Å². The van der Waals surface area contributed by atoms with E-state index in [0.717, 1.165) is 33.8 Å². The zero-order valence-corrected chi connectivity index (χ0v) is 15.7. The lowest BCUT2D eigenvalue weighted by atomic mass is 10.1. The number of nitrogens with zero attached hydrogens (tertiary/aromatic N) is 1. The minimum atomic E-state index is -0.183. The number of rotatable bonds is 6. The number of aryl methyl sites for hydroxylation is 2. The Morgan fingerprint density at radius 2 is 1.89 bits per heavy atom. The number of pyridine rings is 1. The zero-order chi connectivity index (χ0) is 19.2. The van der Waals surface area contributed by atoms with E-state index in [1.165, 1.54) is 0 Å². The van der Waals surface area contributed by atoms with Gasteiger partial charge in [0.1, 0.15) is 5.75 Å². The van der Waals surface area contributed by atoms with Gasteiger partial charge in [-0.05, 0) is 43.2 Å². The molecule has 1 amide bonds. The molecule has 2 aromatic carbocycles. The molecule has 0 radical (unpaired) electrons. The lowest BCUT2D eigenvalue weighted by Crippen LogP contribution is -2.14. The molecule has 27 heavy (non-hydrogen) atoms. The van der Waals surface area contributed by atoms with Crippen LogP contribution in [0.1, 0.15) is 27.0 Å². The molecule has 5 heteroatoms. The lowest BCUT2D eigenvalue weighted by Gasteiger charge is -2.12. The number of carbonyl (C=O) groups is 1. The van der Waals surface area contributed by atoms with E-state index in [0.29, 0.717) is 12.1 Å². The van der Waals surface area contributed by atoms with Gasteiger partial charge < -0.3 is 15.4 Å². The summed E-state index contributed by atoms with van der Waals surface area (Å²) in [6.45, 7) is 4.55. The largest absolute Gasteiger partial charge is 0.496 e. The van der Waals surface area contributed by atoms with E-state index in [4.69, 9.17) is 4.74 Å². The highest BCUT2D eigenvalue weighted by Gasteiger charge is 2.10. The van der Waals surface area contributed by atoms with Gasteiger partial charge in [-0.1, -0.05) is 30.3 Å². The molecule has 3 aromatic rings. The Labute approximate surface area is 159 Å². The number of aromatic nitrogens is 1. The van der Waals surface area contributed by atoms with E-state index in [1.807, 2.05) is 56.3 Å². The normalized spacial score (nSPS) is 10.3. The molecule has 0 saturated heterocycles. The Balaban J connectivity index is 1.71. The molecule has 2 N–H and O–H groups in total. The molecule has 0 bridgehead atoms. The second-order valence-electron chi connectivity index (χ2n) is 6.40. The van der Waals surface area contributed by atoms with Crippen molar-refractivity contribution >= 4 is 17.3 Å². The SMILES string of the molecule is COc1ccccc1CNc1cncc(C(=O)Nc2cc(C)ccc2C)c1. The zero-order valence-electron chi connectivity index (χ0n) is 15.7. The van der Waals surface area contributed by atoms with Crippen LogP contribution in [0.25, 0.3) is 0 Å². The summed E-state index contributed by atoms with van der Waals surface area (Å²) in [5.41, 5.74) is 5.24. The second-order valence-corrected chi connectivity index (χ2v) is 6.40. The van der Waals surface area contributed by atoms with E-state index in [1.54, 1.807) is 25.6 Å². The van der Waals surface area contributed by atoms with Crippen LogP contribution in [0.5, 0.6) is 5.75 Å². The first-order valence-electron chi connectivity index (χ1n) is 8.76. The number of amides is 1. The number of hydrogen-bond acceptors (Lipinski definition) is 4. The van der Waals surface area contributed by atoms with Crippen molar-refractivity contribution in [3.8, 4) is 5.75 Å². The molecule has 0 unspecified atom stereocenters. The van der Waals surface area contributed by atoms with E-state index in [9.17, 15) is 4.79 Å². The maximum absolute atomic E-state index is 12.6. The third-order valence-corrected chi connectivity index (χ3v) is 4.32. The van der Waals surface area contributed by atoms with Crippen LogP contribution in [0.3, 0.4) is 0 Å². The van der Waals surface area contributed by atoms with E-state index in [2.05, 4.69) is 15.6 Å². The molecule has 138 valence electrons. The van der Waals surface area contributed by atoms with Crippen molar-refractivity contribution < 1.29 is 9.53 Å². The molecule has 0 spiro atoms. The van der Waals surface area contributed by atoms with Gasteiger partial charge in [-0.3, -0.25) is 9.78 Å². The minimum Gasteiger partial charge on any atom is -0.496 e.